The minimum atomic E-state index is -0.110. The molecule has 4 saturated carbocycles. The molecule has 2 N–H and O–H groups in total. The van der Waals surface area contributed by atoms with E-state index in [1.165, 1.54) is 45.4 Å². The number of carbonyl (C=O) groups excluding carboxylic acids is 3. The molecule has 8 nitrogen and oxygen atoms in total. The number of pyridine rings is 1. The van der Waals surface area contributed by atoms with Crippen LogP contribution in [-0.4, -0.2) is 51.1 Å². The molecule has 2 aromatic rings. The van der Waals surface area contributed by atoms with E-state index in [1.807, 2.05) is 22.6 Å². The van der Waals surface area contributed by atoms with Gasteiger partial charge in [-0.1, -0.05) is 6.07 Å². The van der Waals surface area contributed by atoms with Crippen LogP contribution in [0.15, 0.2) is 24.4 Å². The van der Waals surface area contributed by atoms with Crippen molar-refractivity contribution >= 4 is 29.2 Å². The number of nitrogens with one attached hydrogen (secondary N) is 2. The fraction of sp³-hybridized carbons (Fsp3) is 0.630. The third kappa shape index (κ3) is 4.43. The van der Waals surface area contributed by atoms with E-state index in [2.05, 4.69) is 15.6 Å². The Balaban J connectivity index is 1.13. The zero-order valence-electron chi connectivity index (χ0n) is 20.5. The van der Waals surface area contributed by atoms with Crippen LogP contribution < -0.4 is 10.6 Å². The minimum Gasteiger partial charge on any atom is -0.353 e. The van der Waals surface area contributed by atoms with Gasteiger partial charge in [-0.15, -0.1) is 0 Å². The number of hydrogen-bond donors (Lipinski definition) is 2. The number of anilines is 1. The molecule has 0 aromatic carbocycles. The van der Waals surface area contributed by atoms with Crippen molar-refractivity contribution in [1.82, 2.24) is 19.6 Å². The topological polar surface area (TPSA) is 95.8 Å². The van der Waals surface area contributed by atoms with Crippen LogP contribution in [0.3, 0.4) is 0 Å². The smallest absolute Gasteiger partial charge is 0.274 e. The molecule has 0 spiro atoms. The summed E-state index contributed by atoms with van der Waals surface area (Å²) in [6, 6.07) is 5.72. The highest BCUT2D eigenvalue weighted by molar-refractivity contribution is 5.94. The summed E-state index contributed by atoms with van der Waals surface area (Å²) >= 11 is 0. The van der Waals surface area contributed by atoms with E-state index in [0.717, 1.165) is 30.6 Å². The standard InChI is InChI=1S/C27H35N5O3/c1-17(33)28-21-5-7-31(8-6-21)26(35)22-16-32-23(29-22)3-2-4-24(32)30-25(34)15-27-12-18-9-19(13-27)11-20(10-18)14-27/h2-4,16,18-21H,5-15H2,1H3,(H,28,33)(H,30,34). The average Bonchev–Trinajstić information content (AvgIpc) is 3.23. The molecule has 8 heteroatoms. The summed E-state index contributed by atoms with van der Waals surface area (Å²) in [7, 11) is 0. The quantitative estimate of drug-likeness (QED) is 0.688. The molecule has 0 atom stereocenters. The van der Waals surface area contributed by atoms with Gasteiger partial charge >= 0.3 is 0 Å². The van der Waals surface area contributed by atoms with Gasteiger partial charge in [-0.2, -0.15) is 0 Å². The van der Waals surface area contributed by atoms with Gasteiger partial charge in [0.25, 0.3) is 5.91 Å². The number of amides is 3. The lowest BCUT2D eigenvalue weighted by atomic mass is 9.49. The summed E-state index contributed by atoms with van der Waals surface area (Å²) in [4.78, 5) is 44.0. The zero-order valence-corrected chi connectivity index (χ0v) is 20.5. The van der Waals surface area contributed by atoms with E-state index in [4.69, 9.17) is 0 Å². The van der Waals surface area contributed by atoms with Crippen LogP contribution in [0.5, 0.6) is 0 Å². The Morgan fingerprint density at radius 2 is 1.69 bits per heavy atom. The first-order valence-electron chi connectivity index (χ1n) is 13.2. The van der Waals surface area contributed by atoms with Crippen molar-refractivity contribution in [2.24, 2.45) is 23.2 Å². The summed E-state index contributed by atoms with van der Waals surface area (Å²) in [5.74, 6) is 3.05. The van der Waals surface area contributed by atoms with Gasteiger partial charge in [0.15, 0.2) is 0 Å². The maximum Gasteiger partial charge on any atom is 0.274 e. The number of aromatic nitrogens is 2. The summed E-state index contributed by atoms with van der Waals surface area (Å²) in [5.41, 5.74) is 1.21. The second-order valence-corrected chi connectivity index (χ2v) is 11.7. The Morgan fingerprint density at radius 3 is 2.31 bits per heavy atom. The van der Waals surface area contributed by atoms with Crippen molar-refractivity contribution in [2.45, 2.75) is 70.8 Å². The Labute approximate surface area is 205 Å². The first kappa shape index (κ1) is 22.6. The van der Waals surface area contributed by atoms with Crippen molar-refractivity contribution < 1.29 is 14.4 Å². The predicted molar refractivity (Wildman–Crippen MR) is 132 cm³/mol. The molecule has 5 aliphatic rings. The molecule has 4 aliphatic carbocycles. The van der Waals surface area contributed by atoms with Gasteiger partial charge in [-0.05, 0) is 86.7 Å². The summed E-state index contributed by atoms with van der Waals surface area (Å²) in [6.45, 7) is 2.70. The first-order chi connectivity index (χ1) is 16.9. The Bertz CT molecular complexity index is 1130. The zero-order chi connectivity index (χ0) is 24.2. The molecule has 0 radical (unpaired) electrons. The minimum absolute atomic E-state index is 0.0344. The first-order valence-corrected chi connectivity index (χ1v) is 13.2. The van der Waals surface area contributed by atoms with Crippen LogP contribution in [0, 0.1) is 23.2 Å². The van der Waals surface area contributed by atoms with Crippen LogP contribution in [-0.2, 0) is 9.59 Å². The van der Waals surface area contributed by atoms with E-state index in [9.17, 15) is 14.4 Å². The fourth-order valence-electron chi connectivity index (χ4n) is 7.93. The van der Waals surface area contributed by atoms with Gasteiger partial charge in [0.1, 0.15) is 17.2 Å². The molecule has 3 amide bonds. The molecule has 7 rings (SSSR count). The third-order valence-electron chi connectivity index (χ3n) is 8.87. The van der Waals surface area contributed by atoms with Crippen molar-refractivity contribution in [2.75, 3.05) is 18.4 Å². The number of carbonyl (C=O) groups is 3. The van der Waals surface area contributed by atoms with Gasteiger partial charge < -0.3 is 15.5 Å². The second-order valence-electron chi connectivity index (χ2n) is 11.7. The molecule has 186 valence electrons. The molecule has 4 bridgehead atoms. The normalized spacial score (nSPS) is 30.0. The second kappa shape index (κ2) is 8.64. The number of rotatable bonds is 5. The van der Waals surface area contributed by atoms with E-state index < -0.39 is 0 Å². The lowest BCUT2D eigenvalue weighted by Crippen LogP contribution is -2.47. The number of nitrogens with zero attached hydrogens (tertiary/aromatic N) is 3. The Kier molecular flexibility index (Phi) is 5.57. The third-order valence-corrected chi connectivity index (χ3v) is 8.87. The Hall–Kier alpha value is -2.90. The SMILES string of the molecule is CC(=O)NC1CCN(C(=O)c2cn3c(NC(=O)CC45CC6CC(CC(C6)C4)C5)cccc3n2)CC1. The monoisotopic (exact) mass is 477 g/mol. The van der Waals surface area contributed by atoms with Crippen LogP contribution >= 0.6 is 0 Å². The average molecular weight is 478 g/mol. The molecule has 1 aliphatic heterocycles. The maximum absolute atomic E-state index is 13.2. The number of piperidine rings is 1. The van der Waals surface area contributed by atoms with Crippen LogP contribution in [0.4, 0.5) is 5.82 Å². The lowest BCUT2D eigenvalue weighted by molar-refractivity contribution is -0.124. The molecular formula is C27H35N5O3. The maximum atomic E-state index is 13.2. The fourth-order valence-corrected chi connectivity index (χ4v) is 7.93. The van der Waals surface area contributed by atoms with Crippen molar-refractivity contribution in [3.63, 3.8) is 0 Å². The van der Waals surface area contributed by atoms with Gasteiger partial charge in [-0.3, -0.25) is 18.8 Å². The molecule has 5 fully saturated rings. The number of fused-ring (bicyclic) bond motifs is 1. The van der Waals surface area contributed by atoms with Gasteiger partial charge in [0.2, 0.25) is 11.8 Å². The molecule has 3 heterocycles. The number of hydrogen-bond acceptors (Lipinski definition) is 4. The van der Waals surface area contributed by atoms with Gasteiger partial charge in [-0.25, -0.2) is 4.98 Å². The molecule has 0 unspecified atom stereocenters. The predicted octanol–water partition coefficient (Wildman–Crippen LogP) is 3.62. The molecule has 2 aromatic heterocycles. The molecule has 35 heavy (non-hydrogen) atoms. The van der Waals surface area contributed by atoms with Crippen LogP contribution in [0.25, 0.3) is 5.65 Å². The Morgan fingerprint density at radius 1 is 1.03 bits per heavy atom. The highest BCUT2D eigenvalue weighted by Crippen LogP contribution is 2.61. The van der Waals surface area contributed by atoms with Crippen molar-refractivity contribution in [1.29, 1.82) is 0 Å². The number of imidazole rings is 1. The van der Waals surface area contributed by atoms with E-state index >= 15 is 0 Å². The van der Waals surface area contributed by atoms with Crippen molar-refractivity contribution in [3.05, 3.63) is 30.1 Å². The largest absolute Gasteiger partial charge is 0.353 e. The highest BCUT2D eigenvalue weighted by atomic mass is 16.2. The van der Waals surface area contributed by atoms with Gasteiger partial charge in [0.05, 0.1) is 0 Å². The summed E-state index contributed by atoms with van der Waals surface area (Å²) in [6.07, 6.45) is 11.5. The molecule has 1 saturated heterocycles. The summed E-state index contributed by atoms with van der Waals surface area (Å²) < 4.78 is 1.81. The highest BCUT2D eigenvalue weighted by Gasteiger charge is 2.51. The van der Waals surface area contributed by atoms with Gasteiger partial charge in [0, 0.05) is 38.7 Å². The van der Waals surface area contributed by atoms with E-state index in [1.54, 1.807) is 11.1 Å². The lowest BCUT2D eigenvalue weighted by Gasteiger charge is -2.56. The van der Waals surface area contributed by atoms with E-state index in [-0.39, 0.29) is 29.2 Å². The molecular weight excluding hydrogens is 442 g/mol. The number of likely N-dealkylation sites (tertiary alicyclic amines) is 1. The van der Waals surface area contributed by atoms with E-state index in [0.29, 0.717) is 36.7 Å². The van der Waals surface area contributed by atoms with Crippen LogP contribution in [0.1, 0.15) is 75.2 Å². The summed E-state index contributed by atoms with van der Waals surface area (Å²) in [5, 5.41) is 6.07. The van der Waals surface area contributed by atoms with Crippen LogP contribution in [0.2, 0.25) is 0 Å². The van der Waals surface area contributed by atoms with Crippen molar-refractivity contribution in [3.8, 4) is 0 Å².